The zero-order valence-corrected chi connectivity index (χ0v) is 12.5. The molecule has 21 heavy (non-hydrogen) atoms. The number of carboxylic acids is 1. The lowest BCUT2D eigenvalue weighted by molar-refractivity contribution is -0.139. The second-order valence-corrected chi connectivity index (χ2v) is 6.37. The van der Waals surface area contributed by atoms with Crippen LogP contribution in [0.5, 0.6) is 0 Å². The Hall–Kier alpha value is -1.95. The van der Waals surface area contributed by atoms with Gasteiger partial charge in [0, 0.05) is 4.70 Å². The lowest BCUT2D eigenvalue weighted by Crippen LogP contribution is -2.41. The van der Waals surface area contributed by atoms with Gasteiger partial charge in [-0.1, -0.05) is 19.9 Å². The van der Waals surface area contributed by atoms with E-state index in [9.17, 15) is 14.0 Å². The smallest absolute Gasteiger partial charge is 0.326 e. The molecule has 1 atom stereocenters. The summed E-state index contributed by atoms with van der Waals surface area (Å²) in [6.07, 6.45) is 0.362. The van der Waals surface area contributed by atoms with E-state index >= 15 is 0 Å². The fourth-order valence-electron chi connectivity index (χ4n) is 2.04. The number of carboxylic acid groups (broad SMARTS) is 1. The zero-order valence-electron chi connectivity index (χ0n) is 11.7. The summed E-state index contributed by atoms with van der Waals surface area (Å²) in [6, 6.07) is 5.01. The minimum absolute atomic E-state index is 0.155. The molecule has 2 N–H and O–H groups in total. The van der Waals surface area contributed by atoms with Crippen molar-refractivity contribution in [2.75, 3.05) is 0 Å². The minimum Gasteiger partial charge on any atom is -0.480 e. The van der Waals surface area contributed by atoms with Crippen molar-refractivity contribution in [3.05, 3.63) is 35.0 Å². The summed E-state index contributed by atoms with van der Waals surface area (Å²) in [5.74, 6) is -1.70. The summed E-state index contributed by atoms with van der Waals surface area (Å²) < 4.78 is 13.8. The maximum Gasteiger partial charge on any atom is 0.326 e. The molecule has 0 saturated carbocycles. The van der Waals surface area contributed by atoms with Crippen molar-refractivity contribution in [1.82, 2.24) is 5.32 Å². The number of fused-ring (bicyclic) bond motifs is 1. The van der Waals surface area contributed by atoms with Crippen LogP contribution in [0.2, 0.25) is 0 Å². The molecule has 0 saturated heterocycles. The second kappa shape index (κ2) is 6.22. The highest BCUT2D eigenvalue weighted by atomic mass is 32.1. The van der Waals surface area contributed by atoms with Gasteiger partial charge in [-0.2, -0.15) is 0 Å². The standard InChI is InChI=1S/C15H16FNO3S/c1-8(2)5-11(15(19)20)17-14(18)13-6-9-3-4-10(16)7-12(9)21-13/h3-4,6-8,11H,5H2,1-2H3,(H,17,18)(H,19,20)/t11-/m0/s1. The first-order chi connectivity index (χ1) is 9.86. The van der Waals surface area contributed by atoms with Crippen LogP contribution in [-0.4, -0.2) is 23.0 Å². The van der Waals surface area contributed by atoms with Crippen molar-refractivity contribution in [3.63, 3.8) is 0 Å². The van der Waals surface area contributed by atoms with Gasteiger partial charge in [-0.15, -0.1) is 11.3 Å². The van der Waals surface area contributed by atoms with Gasteiger partial charge in [-0.25, -0.2) is 9.18 Å². The van der Waals surface area contributed by atoms with E-state index in [-0.39, 0.29) is 11.7 Å². The van der Waals surface area contributed by atoms with E-state index in [4.69, 9.17) is 5.11 Å². The molecule has 0 unspecified atom stereocenters. The Kier molecular flexibility index (Phi) is 4.57. The van der Waals surface area contributed by atoms with Crippen LogP contribution in [-0.2, 0) is 4.79 Å². The van der Waals surface area contributed by atoms with Crippen molar-refractivity contribution >= 4 is 33.3 Å². The molecule has 4 nitrogen and oxygen atoms in total. The lowest BCUT2D eigenvalue weighted by Gasteiger charge is -2.15. The summed E-state index contributed by atoms with van der Waals surface area (Å²) in [6.45, 7) is 3.79. The molecule has 2 aromatic rings. The first-order valence-corrected chi connectivity index (χ1v) is 7.41. The van der Waals surface area contributed by atoms with E-state index in [1.165, 1.54) is 12.1 Å². The average Bonchev–Trinajstić information content (AvgIpc) is 2.80. The van der Waals surface area contributed by atoms with Crippen molar-refractivity contribution in [2.45, 2.75) is 26.3 Å². The summed E-state index contributed by atoms with van der Waals surface area (Å²) in [5, 5.41) is 12.4. The van der Waals surface area contributed by atoms with E-state index in [0.717, 1.165) is 16.7 Å². The monoisotopic (exact) mass is 309 g/mol. The molecule has 2 rings (SSSR count). The Bertz CT molecular complexity index is 681. The van der Waals surface area contributed by atoms with Crippen LogP contribution in [0.4, 0.5) is 4.39 Å². The van der Waals surface area contributed by atoms with Crippen LogP contribution >= 0.6 is 11.3 Å². The highest BCUT2D eigenvalue weighted by Crippen LogP contribution is 2.26. The van der Waals surface area contributed by atoms with Crippen LogP contribution in [0, 0.1) is 11.7 Å². The third kappa shape index (κ3) is 3.78. The Labute approximate surface area is 125 Å². The second-order valence-electron chi connectivity index (χ2n) is 5.29. The number of amides is 1. The topological polar surface area (TPSA) is 66.4 Å². The van der Waals surface area contributed by atoms with Gasteiger partial charge in [0.1, 0.15) is 11.9 Å². The minimum atomic E-state index is -1.05. The Morgan fingerprint density at radius 2 is 2.05 bits per heavy atom. The Balaban J connectivity index is 2.19. The van der Waals surface area contributed by atoms with Crippen LogP contribution < -0.4 is 5.32 Å². The molecule has 0 radical (unpaired) electrons. The molecule has 0 spiro atoms. The Morgan fingerprint density at radius 1 is 1.33 bits per heavy atom. The average molecular weight is 309 g/mol. The van der Waals surface area contributed by atoms with Gasteiger partial charge in [-0.05, 0) is 35.9 Å². The van der Waals surface area contributed by atoms with Gasteiger partial charge >= 0.3 is 5.97 Å². The summed E-state index contributed by atoms with van der Waals surface area (Å²) in [5.41, 5.74) is 0. The maximum absolute atomic E-state index is 13.1. The largest absolute Gasteiger partial charge is 0.480 e. The third-order valence-corrected chi connectivity index (χ3v) is 4.11. The predicted octanol–water partition coefficient (Wildman–Crippen LogP) is 3.27. The van der Waals surface area contributed by atoms with Crippen LogP contribution in [0.15, 0.2) is 24.3 Å². The van der Waals surface area contributed by atoms with E-state index in [1.54, 1.807) is 12.1 Å². The zero-order chi connectivity index (χ0) is 15.6. The van der Waals surface area contributed by atoms with Gasteiger partial charge in [0.25, 0.3) is 5.91 Å². The predicted molar refractivity (Wildman–Crippen MR) is 80.1 cm³/mol. The van der Waals surface area contributed by atoms with E-state index in [0.29, 0.717) is 16.0 Å². The number of hydrogen-bond donors (Lipinski definition) is 2. The van der Waals surface area contributed by atoms with Gasteiger partial charge in [0.2, 0.25) is 0 Å². The number of aliphatic carboxylic acids is 1. The first-order valence-electron chi connectivity index (χ1n) is 6.59. The van der Waals surface area contributed by atoms with Gasteiger partial charge in [-0.3, -0.25) is 4.79 Å². The van der Waals surface area contributed by atoms with Gasteiger partial charge in [0.05, 0.1) is 4.88 Å². The van der Waals surface area contributed by atoms with Crippen molar-refractivity contribution in [2.24, 2.45) is 5.92 Å². The lowest BCUT2D eigenvalue weighted by atomic mass is 10.0. The molecule has 112 valence electrons. The maximum atomic E-state index is 13.1. The number of halogens is 1. The van der Waals surface area contributed by atoms with Crippen LogP contribution in [0.1, 0.15) is 29.9 Å². The highest BCUT2D eigenvalue weighted by molar-refractivity contribution is 7.20. The molecule has 0 bridgehead atoms. The van der Waals surface area contributed by atoms with Crippen molar-refractivity contribution < 1.29 is 19.1 Å². The quantitative estimate of drug-likeness (QED) is 0.891. The summed E-state index contributed by atoms with van der Waals surface area (Å²) in [4.78, 5) is 23.7. The number of hydrogen-bond acceptors (Lipinski definition) is 3. The number of carbonyl (C=O) groups is 2. The summed E-state index contributed by atoms with van der Waals surface area (Å²) in [7, 11) is 0. The van der Waals surface area contributed by atoms with Crippen molar-refractivity contribution in [3.8, 4) is 0 Å². The number of thiophene rings is 1. The molecular weight excluding hydrogens is 293 g/mol. The summed E-state index contributed by atoms with van der Waals surface area (Å²) >= 11 is 1.15. The first kappa shape index (κ1) is 15.4. The molecule has 0 fully saturated rings. The number of nitrogens with one attached hydrogen (secondary N) is 1. The Morgan fingerprint density at radius 3 is 2.67 bits per heavy atom. The van der Waals surface area contributed by atoms with Gasteiger partial charge < -0.3 is 10.4 Å². The number of rotatable bonds is 5. The fourth-order valence-corrected chi connectivity index (χ4v) is 3.03. The molecule has 1 aromatic heterocycles. The molecular formula is C15H16FNO3S. The van der Waals surface area contributed by atoms with Crippen LogP contribution in [0.3, 0.4) is 0 Å². The molecule has 0 aliphatic carbocycles. The molecule has 0 aliphatic rings. The molecule has 1 amide bonds. The van der Waals surface area contributed by atoms with E-state index in [1.807, 2.05) is 13.8 Å². The normalized spacial score (nSPS) is 12.6. The van der Waals surface area contributed by atoms with E-state index < -0.39 is 17.9 Å². The van der Waals surface area contributed by atoms with Gasteiger partial charge in [0.15, 0.2) is 0 Å². The molecule has 1 aromatic carbocycles. The number of carbonyl (C=O) groups excluding carboxylic acids is 1. The molecule has 0 aliphatic heterocycles. The van der Waals surface area contributed by atoms with E-state index in [2.05, 4.69) is 5.32 Å². The van der Waals surface area contributed by atoms with Crippen LogP contribution in [0.25, 0.3) is 10.1 Å². The molecule has 6 heteroatoms. The highest BCUT2D eigenvalue weighted by Gasteiger charge is 2.22. The third-order valence-electron chi connectivity index (χ3n) is 3.02. The molecule has 1 heterocycles. The number of benzene rings is 1. The SMILES string of the molecule is CC(C)C[C@H](NC(=O)c1cc2ccc(F)cc2s1)C(=O)O. The van der Waals surface area contributed by atoms with Crippen molar-refractivity contribution in [1.29, 1.82) is 0 Å². The fraction of sp³-hybridized carbons (Fsp3) is 0.333.